The highest BCUT2D eigenvalue weighted by atomic mass is 16.4. The van der Waals surface area contributed by atoms with E-state index in [9.17, 15) is 4.79 Å². The summed E-state index contributed by atoms with van der Waals surface area (Å²) < 4.78 is 0. The summed E-state index contributed by atoms with van der Waals surface area (Å²) in [6.45, 7) is 4.17. The highest BCUT2D eigenvalue weighted by Crippen LogP contribution is 2.24. The summed E-state index contributed by atoms with van der Waals surface area (Å²) in [5.74, 6) is 0.572. The van der Waals surface area contributed by atoms with Gasteiger partial charge in [0.25, 0.3) is 0 Å². The van der Waals surface area contributed by atoms with E-state index in [1.54, 1.807) is 6.08 Å². The van der Waals surface area contributed by atoms with E-state index in [1.165, 1.54) is 4.90 Å². The number of hydrogen-bond donors (Lipinski definition) is 1. The van der Waals surface area contributed by atoms with Crippen molar-refractivity contribution in [3.05, 3.63) is 30.0 Å². The van der Waals surface area contributed by atoms with Crippen LogP contribution >= 0.6 is 0 Å². The van der Waals surface area contributed by atoms with E-state index in [0.717, 1.165) is 24.8 Å². The van der Waals surface area contributed by atoms with Crippen LogP contribution < -0.4 is 4.90 Å². The lowest BCUT2D eigenvalue weighted by molar-refractivity contribution is 0.201. The number of nitrogens with zero attached hydrogens (tertiary/aromatic N) is 2. The number of rotatable bonds is 1. The SMILES string of the molecule is C=Cc1ccc2c(n1)N(C(=O)O)CCCC2. The summed E-state index contributed by atoms with van der Waals surface area (Å²) in [7, 11) is 0. The quantitative estimate of drug-likeness (QED) is 0.788. The minimum atomic E-state index is -0.933. The van der Waals surface area contributed by atoms with E-state index in [-0.39, 0.29) is 0 Å². The first kappa shape index (κ1) is 10.7. The maximum atomic E-state index is 11.1. The molecule has 1 N–H and O–H groups in total. The van der Waals surface area contributed by atoms with Crippen LogP contribution in [0.3, 0.4) is 0 Å². The van der Waals surface area contributed by atoms with Gasteiger partial charge in [-0.1, -0.05) is 12.6 Å². The molecule has 4 heteroatoms. The molecule has 0 aromatic carbocycles. The predicted octanol–water partition coefficient (Wildman–Crippen LogP) is 2.55. The van der Waals surface area contributed by atoms with Crippen molar-refractivity contribution in [1.29, 1.82) is 0 Å². The Balaban J connectivity index is 2.48. The Labute approximate surface area is 94.2 Å². The molecule has 0 bridgehead atoms. The zero-order chi connectivity index (χ0) is 11.5. The van der Waals surface area contributed by atoms with E-state index in [2.05, 4.69) is 11.6 Å². The average molecular weight is 218 g/mol. The molecule has 1 aliphatic rings. The van der Waals surface area contributed by atoms with Gasteiger partial charge in [0.05, 0.1) is 5.69 Å². The van der Waals surface area contributed by atoms with Gasteiger partial charge in [0.1, 0.15) is 5.82 Å². The van der Waals surface area contributed by atoms with Gasteiger partial charge in [-0.3, -0.25) is 4.90 Å². The molecular weight excluding hydrogens is 204 g/mol. The smallest absolute Gasteiger partial charge is 0.413 e. The number of amides is 1. The van der Waals surface area contributed by atoms with Crippen molar-refractivity contribution in [3.63, 3.8) is 0 Å². The van der Waals surface area contributed by atoms with E-state index in [1.807, 2.05) is 12.1 Å². The number of anilines is 1. The molecule has 1 aliphatic heterocycles. The summed E-state index contributed by atoms with van der Waals surface area (Å²) in [6.07, 6.45) is 3.48. The van der Waals surface area contributed by atoms with Crippen LogP contribution in [0.15, 0.2) is 18.7 Å². The van der Waals surface area contributed by atoms with Gasteiger partial charge in [0.15, 0.2) is 0 Å². The number of aromatic nitrogens is 1. The van der Waals surface area contributed by atoms with Crippen LogP contribution in [0.5, 0.6) is 0 Å². The number of pyridine rings is 1. The lowest BCUT2D eigenvalue weighted by Gasteiger charge is -2.18. The third-order valence-electron chi connectivity index (χ3n) is 2.75. The van der Waals surface area contributed by atoms with Crippen molar-refractivity contribution in [2.75, 3.05) is 11.4 Å². The topological polar surface area (TPSA) is 53.4 Å². The number of fused-ring (bicyclic) bond motifs is 1. The van der Waals surface area contributed by atoms with Gasteiger partial charge in [-0.25, -0.2) is 9.78 Å². The third-order valence-corrected chi connectivity index (χ3v) is 2.75. The Bertz CT molecular complexity index is 429. The zero-order valence-electron chi connectivity index (χ0n) is 9.02. The molecule has 0 unspecified atom stereocenters. The molecular formula is C12H14N2O2. The van der Waals surface area contributed by atoms with Crippen molar-refractivity contribution in [1.82, 2.24) is 4.98 Å². The fraction of sp³-hybridized carbons (Fsp3) is 0.333. The maximum Gasteiger partial charge on any atom is 0.413 e. The van der Waals surface area contributed by atoms with Crippen LogP contribution in [-0.2, 0) is 6.42 Å². The second-order valence-electron chi connectivity index (χ2n) is 3.81. The predicted molar refractivity (Wildman–Crippen MR) is 62.6 cm³/mol. The van der Waals surface area contributed by atoms with Crippen molar-refractivity contribution < 1.29 is 9.90 Å². The van der Waals surface area contributed by atoms with Gasteiger partial charge in [0.2, 0.25) is 0 Å². The fourth-order valence-corrected chi connectivity index (χ4v) is 1.91. The van der Waals surface area contributed by atoms with Gasteiger partial charge in [0, 0.05) is 6.54 Å². The second kappa shape index (κ2) is 4.35. The fourth-order valence-electron chi connectivity index (χ4n) is 1.91. The Kier molecular flexibility index (Phi) is 2.90. The second-order valence-corrected chi connectivity index (χ2v) is 3.81. The van der Waals surface area contributed by atoms with E-state index in [0.29, 0.717) is 18.1 Å². The molecule has 0 saturated heterocycles. The van der Waals surface area contributed by atoms with Crippen molar-refractivity contribution in [2.24, 2.45) is 0 Å². The van der Waals surface area contributed by atoms with Gasteiger partial charge < -0.3 is 5.11 Å². The number of carboxylic acid groups (broad SMARTS) is 1. The maximum absolute atomic E-state index is 11.1. The first-order valence-electron chi connectivity index (χ1n) is 5.35. The normalized spacial score (nSPS) is 15.1. The largest absolute Gasteiger partial charge is 0.465 e. The summed E-state index contributed by atoms with van der Waals surface area (Å²) >= 11 is 0. The van der Waals surface area contributed by atoms with Crippen LogP contribution in [0.1, 0.15) is 24.1 Å². The van der Waals surface area contributed by atoms with Gasteiger partial charge >= 0.3 is 6.09 Å². The molecule has 0 spiro atoms. The standard InChI is InChI=1S/C12H14N2O2/c1-2-10-7-6-9-5-3-4-8-14(12(15)16)11(9)13-10/h2,6-7H,1,3-5,8H2,(H,15,16). The summed E-state index contributed by atoms with van der Waals surface area (Å²) in [6, 6.07) is 3.82. The zero-order valence-corrected chi connectivity index (χ0v) is 9.02. The number of hydrogen-bond acceptors (Lipinski definition) is 2. The molecule has 84 valence electrons. The molecule has 0 fully saturated rings. The van der Waals surface area contributed by atoms with Gasteiger partial charge in [-0.15, -0.1) is 0 Å². The monoisotopic (exact) mass is 218 g/mol. The van der Waals surface area contributed by atoms with Crippen LogP contribution in [0.25, 0.3) is 6.08 Å². The minimum absolute atomic E-state index is 0.524. The summed E-state index contributed by atoms with van der Waals surface area (Å²) in [5.41, 5.74) is 1.72. The molecule has 16 heavy (non-hydrogen) atoms. The van der Waals surface area contributed by atoms with E-state index in [4.69, 9.17) is 5.11 Å². The molecule has 2 rings (SSSR count). The van der Waals surface area contributed by atoms with Crippen LogP contribution in [0.4, 0.5) is 10.6 Å². The van der Waals surface area contributed by atoms with Gasteiger partial charge in [-0.2, -0.15) is 0 Å². The Morgan fingerprint density at radius 2 is 2.31 bits per heavy atom. The molecule has 0 saturated carbocycles. The first-order chi connectivity index (χ1) is 7.72. The highest BCUT2D eigenvalue weighted by molar-refractivity contribution is 5.86. The number of aryl methyl sites for hydroxylation is 1. The van der Waals surface area contributed by atoms with Crippen LogP contribution in [0, 0.1) is 0 Å². The Hall–Kier alpha value is -1.84. The van der Waals surface area contributed by atoms with Crippen molar-refractivity contribution >= 4 is 18.0 Å². The average Bonchev–Trinajstić information content (AvgIpc) is 2.49. The molecule has 1 aromatic heterocycles. The lowest BCUT2D eigenvalue weighted by atomic mass is 10.1. The highest BCUT2D eigenvalue weighted by Gasteiger charge is 2.21. The molecule has 0 atom stereocenters. The molecule has 0 radical (unpaired) electrons. The lowest BCUT2D eigenvalue weighted by Crippen LogP contribution is -2.30. The summed E-state index contributed by atoms with van der Waals surface area (Å²) in [5, 5.41) is 9.13. The van der Waals surface area contributed by atoms with Crippen molar-refractivity contribution in [2.45, 2.75) is 19.3 Å². The molecule has 2 heterocycles. The third kappa shape index (κ3) is 1.91. The Morgan fingerprint density at radius 3 is 3.00 bits per heavy atom. The number of carbonyl (C=O) groups is 1. The Morgan fingerprint density at radius 1 is 1.50 bits per heavy atom. The van der Waals surface area contributed by atoms with Crippen molar-refractivity contribution in [3.8, 4) is 0 Å². The van der Waals surface area contributed by atoms with E-state index < -0.39 is 6.09 Å². The first-order valence-corrected chi connectivity index (χ1v) is 5.35. The molecule has 4 nitrogen and oxygen atoms in total. The van der Waals surface area contributed by atoms with Gasteiger partial charge in [-0.05, 0) is 37.0 Å². The minimum Gasteiger partial charge on any atom is -0.465 e. The molecule has 1 aromatic rings. The summed E-state index contributed by atoms with van der Waals surface area (Å²) in [4.78, 5) is 16.8. The van der Waals surface area contributed by atoms with Crippen LogP contribution in [0.2, 0.25) is 0 Å². The molecule has 1 amide bonds. The van der Waals surface area contributed by atoms with E-state index >= 15 is 0 Å². The molecule has 0 aliphatic carbocycles. The van der Waals surface area contributed by atoms with Crippen LogP contribution in [-0.4, -0.2) is 22.7 Å².